The molecule has 0 saturated carbocycles. The summed E-state index contributed by atoms with van der Waals surface area (Å²) >= 11 is 1.72. The molecule has 3 aromatic rings. The van der Waals surface area contributed by atoms with Crippen molar-refractivity contribution in [1.82, 2.24) is 19.9 Å². The monoisotopic (exact) mass is 350 g/mol. The molecule has 0 saturated heterocycles. The van der Waals surface area contributed by atoms with E-state index in [1.807, 2.05) is 18.5 Å². The highest BCUT2D eigenvalue weighted by Crippen LogP contribution is 2.26. The molecule has 0 N–H and O–H groups in total. The number of aromatic nitrogens is 3. The van der Waals surface area contributed by atoms with E-state index < -0.39 is 0 Å². The maximum Gasteiger partial charge on any atom is 0.128 e. The highest BCUT2D eigenvalue weighted by Gasteiger charge is 2.20. The van der Waals surface area contributed by atoms with Gasteiger partial charge in [-0.15, -0.1) is 0 Å². The third-order valence-electron chi connectivity index (χ3n) is 4.62. The zero-order valence-electron chi connectivity index (χ0n) is 14.5. The zero-order chi connectivity index (χ0) is 17.1. The van der Waals surface area contributed by atoms with Gasteiger partial charge in [0.15, 0.2) is 0 Å². The minimum absolute atomic E-state index is 0.912. The first-order valence-corrected chi connectivity index (χ1v) is 9.80. The fourth-order valence-electron chi connectivity index (χ4n) is 3.36. The van der Waals surface area contributed by atoms with E-state index in [0.29, 0.717) is 0 Å². The minimum Gasteiger partial charge on any atom is -0.294 e. The smallest absolute Gasteiger partial charge is 0.128 e. The Hall–Kier alpha value is -2.11. The molecular formula is C20H22N4S. The molecule has 5 heteroatoms. The molecule has 0 unspecified atom stereocenters. The van der Waals surface area contributed by atoms with Crippen LogP contribution in [0.1, 0.15) is 36.0 Å². The van der Waals surface area contributed by atoms with E-state index in [2.05, 4.69) is 44.7 Å². The van der Waals surface area contributed by atoms with Crippen molar-refractivity contribution in [2.24, 2.45) is 0 Å². The highest BCUT2D eigenvalue weighted by atomic mass is 32.1. The summed E-state index contributed by atoms with van der Waals surface area (Å²) in [6.45, 7) is 5.03. The quantitative estimate of drug-likeness (QED) is 0.694. The molecule has 4 rings (SSSR count). The molecule has 25 heavy (non-hydrogen) atoms. The summed E-state index contributed by atoms with van der Waals surface area (Å²) in [5.41, 5.74) is 6.11. The molecule has 1 aliphatic heterocycles. The predicted molar refractivity (Wildman–Crippen MR) is 101 cm³/mol. The molecule has 0 fully saturated rings. The third kappa shape index (κ3) is 3.62. The second-order valence-corrected chi connectivity index (χ2v) is 7.27. The van der Waals surface area contributed by atoms with Gasteiger partial charge in [-0.05, 0) is 29.5 Å². The second kappa shape index (κ2) is 7.42. The first-order valence-electron chi connectivity index (χ1n) is 8.86. The van der Waals surface area contributed by atoms with E-state index in [-0.39, 0.29) is 0 Å². The molecule has 0 radical (unpaired) electrons. The molecular weight excluding hydrogens is 328 g/mol. The fourth-order valence-corrected chi connectivity index (χ4v) is 4.00. The van der Waals surface area contributed by atoms with Gasteiger partial charge in [0.05, 0.1) is 5.69 Å². The summed E-state index contributed by atoms with van der Waals surface area (Å²) in [7, 11) is 0. The van der Waals surface area contributed by atoms with Crippen LogP contribution in [-0.2, 0) is 25.9 Å². The van der Waals surface area contributed by atoms with Crippen LogP contribution in [0.4, 0.5) is 0 Å². The van der Waals surface area contributed by atoms with Crippen molar-refractivity contribution in [3.8, 4) is 11.3 Å². The Morgan fingerprint density at radius 3 is 3.04 bits per heavy atom. The van der Waals surface area contributed by atoms with Gasteiger partial charge >= 0.3 is 0 Å². The van der Waals surface area contributed by atoms with E-state index in [1.165, 1.54) is 22.4 Å². The summed E-state index contributed by atoms with van der Waals surface area (Å²) in [6, 6.07) is 6.37. The number of hydrogen-bond donors (Lipinski definition) is 0. The largest absolute Gasteiger partial charge is 0.294 e. The minimum atomic E-state index is 0.912. The molecule has 0 aliphatic carbocycles. The zero-order valence-corrected chi connectivity index (χ0v) is 15.3. The second-order valence-electron chi connectivity index (χ2n) is 6.49. The Kier molecular flexibility index (Phi) is 4.85. The predicted octanol–water partition coefficient (Wildman–Crippen LogP) is 4.11. The molecule has 3 aromatic heterocycles. The van der Waals surface area contributed by atoms with Gasteiger partial charge in [-0.25, -0.2) is 9.97 Å². The molecule has 0 aromatic carbocycles. The van der Waals surface area contributed by atoms with Crippen LogP contribution in [0.25, 0.3) is 11.3 Å². The van der Waals surface area contributed by atoms with Crippen molar-refractivity contribution in [3.63, 3.8) is 0 Å². The van der Waals surface area contributed by atoms with Crippen molar-refractivity contribution >= 4 is 11.3 Å². The van der Waals surface area contributed by atoms with Crippen LogP contribution < -0.4 is 0 Å². The molecule has 0 atom stereocenters. The van der Waals surface area contributed by atoms with Crippen molar-refractivity contribution in [3.05, 3.63) is 64.0 Å². The standard InChI is InChI=1S/C20H22N4S/c1-2-4-19-22-11-17-13-24(9-6-18(17)23-19)12-15-5-3-8-21-20(15)16-7-10-25-14-16/h3,5,7-8,10-11,14H,2,4,6,9,12-13H2,1H3. The van der Waals surface area contributed by atoms with Gasteiger partial charge in [-0.1, -0.05) is 13.0 Å². The van der Waals surface area contributed by atoms with Crippen LogP contribution in [0.2, 0.25) is 0 Å². The van der Waals surface area contributed by atoms with Gasteiger partial charge in [0, 0.05) is 67.1 Å². The topological polar surface area (TPSA) is 41.9 Å². The maximum absolute atomic E-state index is 4.75. The molecule has 0 spiro atoms. The van der Waals surface area contributed by atoms with Gasteiger partial charge in [-0.3, -0.25) is 9.88 Å². The van der Waals surface area contributed by atoms with Gasteiger partial charge in [0.1, 0.15) is 5.82 Å². The normalized spacial score (nSPS) is 14.4. The summed E-state index contributed by atoms with van der Waals surface area (Å²) in [5.74, 6) is 0.988. The van der Waals surface area contributed by atoms with Gasteiger partial charge in [-0.2, -0.15) is 11.3 Å². The van der Waals surface area contributed by atoms with Crippen LogP contribution in [-0.4, -0.2) is 26.4 Å². The molecule has 0 amide bonds. The first kappa shape index (κ1) is 16.4. The Labute approximate surface area is 152 Å². The number of thiophene rings is 1. The lowest BCUT2D eigenvalue weighted by molar-refractivity contribution is 0.242. The van der Waals surface area contributed by atoms with Gasteiger partial charge < -0.3 is 0 Å². The lowest BCUT2D eigenvalue weighted by Crippen LogP contribution is -2.31. The highest BCUT2D eigenvalue weighted by molar-refractivity contribution is 7.08. The SMILES string of the molecule is CCCc1ncc2c(n1)CCN(Cc1cccnc1-c1ccsc1)C2. The number of hydrogen-bond acceptors (Lipinski definition) is 5. The Morgan fingerprint density at radius 1 is 1.24 bits per heavy atom. The average molecular weight is 350 g/mol. The molecule has 4 heterocycles. The molecule has 4 nitrogen and oxygen atoms in total. The van der Waals surface area contributed by atoms with Crippen LogP contribution >= 0.6 is 11.3 Å². The lowest BCUT2D eigenvalue weighted by Gasteiger charge is -2.28. The van der Waals surface area contributed by atoms with Crippen molar-refractivity contribution < 1.29 is 0 Å². The van der Waals surface area contributed by atoms with E-state index >= 15 is 0 Å². The lowest BCUT2D eigenvalue weighted by atomic mass is 10.0. The molecule has 0 bridgehead atoms. The Bertz CT molecular complexity index is 845. The number of pyridine rings is 1. The Morgan fingerprint density at radius 2 is 2.20 bits per heavy atom. The van der Waals surface area contributed by atoms with Crippen LogP contribution in [0, 0.1) is 0 Å². The van der Waals surface area contributed by atoms with E-state index in [1.54, 1.807) is 11.3 Å². The van der Waals surface area contributed by atoms with Crippen molar-refractivity contribution in [2.45, 2.75) is 39.3 Å². The van der Waals surface area contributed by atoms with Crippen LogP contribution in [0.5, 0.6) is 0 Å². The summed E-state index contributed by atoms with van der Waals surface area (Å²) < 4.78 is 0. The van der Waals surface area contributed by atoms with E-state index in [0.717, 1.165) is 50.4 Å². The maximum atomic E-state index is 4.75. The molecule has 128 valence electrons. The van der Waals surface area contributed by atoms with E-state index in [4.69, 9.17) is 4.98 Å². The average Bonchev–Trinajstić information content (AvgIpc) is 3.17. The molecule has 1 aliphatic rings. The number of fused-ring (bicyclic) bond motifs is 1. The summed E-state index contributed by atoms with van der Waals surface area (Å²) in [5, 5.41) is 4.27. The van der Waals surface area contributed by atoms with Crippen molar-refractivity contribution in [2.75, 3.05) is 6.54 Å². The number of nitrogens with zero attached hydrogens (tertiary/aromatic N) is 4. The first-order chi connectivity index (χ1) is 12.3. The van der Waals surface area contributed by atoms with E-state index in [9.17, 15) is 0 Å². The van der Waals surface area contributed by atoms with Crippen molar-refractivity contribution in [1.29, 1.82) is 0 Å². The Balaban J connectivity index is 1.52. The summed E-state index contributed by atoms with van der Waals surface area (Å²) in [4.78, 5) is 16.4. The van der Waals surface area contributed by atoms with Crippen LogP contribution in [0.15, 0.2) is 41.4 Å². The number of rotatable bonds is 5. The third-order valence-corrected chi connectivity index (χ3v) is 5.30. The van der Waals surface area contributed by atoms with Gasteiger partial charge in [0.25, 0.3) is 0 Å². The fraction of sp³-hybridized carbons (Fsp3) is 0.350. The van der Waals surface area contributed by atoms with Gasteiger partial charge in [0.2, 0.25) is 0 Å². The number of aryl methyl sites for hydroxylation is 1. The summed E-state index contributed by atoms with van der Waals surface area (Å²) in [6.07, 6.45) is 6.98. The van der Waals surface area contributed by atoms with Crippen LogP contribution in [0.3, 0.4) is 0 Å².